The van der Waals surface area contributed by atoms with Gasteiger partial charge in [0.05, 0.1) is 5.92 Å². The summed E-state index contributed by atoms with van der Waals surface area (Å²) in [6.07, 6.45) is -0.0923. The molecule has 1 aromatic carbocycles. The maximum absolute atomic E-state index is 11.8. The zero-order valence-corrected chi connectivity index (χ0v) is 11.1. The zero-order chi connectivity index (χ0) is 14.4. The minimum Gasteiger partial charge on any atom is -0.300 e. The first-order valence-corrected chi connectivity index (χ1v) is 6.02. The Labute approximate surface area is 112 Å². The maximum atomic E-state index is 11.8. The van der Waals surface area contributed by atoms with Gasteiger partial charge < -0.3 is 0 Å². The van der Waals surface area contributed by atoms with Gasteiger partial charge >= 0.3 is 0 Å². The van der Waals surface area contributed by atoms with E-state index in [0.29, 0.717) is 0 Å². The number of hydrazine groups is 1. The van der Waals surface area contributed by atoms with Crippen LogP contribution in [0.25, 0.3) is 0 Å². The summed E-state index contributed by atoms with van der Waals surface area (Å²) in [5, 5.41) is 0. The van der Waals surface area contributed by atoms with Gasteiger partial charge in [0.1, 0.15) is 11.6 Å². The Kier molecular flexibility index (Phi) is 5.38. The number of nitrogens with one attached hydrogen (secondary N) is 1. The molecule has 3 N–H and O–H groups in total. The van der Waals surface area contributed by atoms with E-state index in [1.54, 1.807) is 24.3 Å². The highest BCUT2D eigenvalue weighted by molar-refractivity contribution is 5.94. The molecule has 1 rings (SSSR count). The molecule has 0 saturated carbocycles. The first-order valence-electron chi connectivity index (χ1n) is 6.02. The van der Waals surface area contributed by atoms with Crippen molar-refractivity contribution < 1.29 is 14.4 Å². The summed E-state index contributed by atoms with van der Waals surface area (Å²) in [6.45, 7) is 2.81. The van der Waals surface area contributed by atoms with Crippen LogP contribution < -0.4 is 11.3 Å². The van der Waals surface area contributed by atoms with Crippen molar-refractivity contribution in [1.29, 1.82) is 0 Å². The first-order chi connectivity index (χ1) is 8.97. The van der Waals surface area contributed by atoms with Crippen molar-refractivity contribution in [3.05, 3.63) is 35.9 Å². The third kappa shape index (κ3) is 3.99. The van der Waals surface area contributed by atoms with Gasteiger partial charge in [-0.05, 0) is 19.4 Å². The minimum absolute atomic E-state index is 0.0923. The number of hydrogen-bond acceptors (Lipinski definition) is 4. The number of Topliss-reactive ketones (excluding diaryl/α,β-unsaturated/α-hetero) is 2. The highest BCUT2D eigenvalue weighted by atomic mass is 16.2. The highest BCUT2D eigenvalue weighted by Crippen LogP contribution is 2.29. The molecule has 0 aliphatic rings. The highest BCUT2D eigenvalue weighted by Gasteiger charge is 2.32. The Morgan fingerprint density at radius 3 is 2.11 bits per heavy atom. The summed E-state index contributed by atoms with van der Waals surface area (Å²) in [5.74, 6) is 2.93. The number of carbonyl (C=O) groups excluding carboxylic acids is 3. The van der Waals surface area contributed by atoms with Gasteiger partial charge in [-0.2, -0.15) is 0 Å². The molecule has 2 unspecified atom stereocenters. The molecule has 1 aromatic rings. The Morgan fingerprint density at radius 1 is 1.11 bits per heavy atom. The first kappa shape index (κ1) is 15.0. The Bertz CT molecular complexity index is 471. The summed E-state index contributed by atoms with van der Waals surface area (Å²) in [5.41, 5.74) is 2.73. The van der Waals surface area contributed by atoms with Crippen LogP contribution in [0.4, 0.5) is 0 Å². The molecule has 0 spiro atoms. The van der Waals surface area contributed by atoms with Crippen molar-refractivity contribution in [1.82, 2.24) is 5.43 Å². The Hall–Kier alpha value is -2.01. The lowest BCUT2D eigenvalue weighted by Gasteiger charge is -2.22. The summed E-state index contributed by atoms with van der Waals surface area (Å²) in [7, 11) is 0. The average molecular weight is 262 g/mol. The zero-order valence-electron chi connectivity index (χ0n) is 11.1. The molecule has 0 heterocycles. The van der Waals surface area contributed by atoms with Crippen LogP contribution in [0.3, 0.4) is 0 Å². The van der Waals surface area contributed by atoms with Crippen LogP contribution in [0, 0.1) is 5.92 Å². The van der Waals surface area contributed by atoms with Gasteiger partial charge in [-0.1, -0.05) is 30.3 Å². The quantitative estimate of drug-likeness (QED) is 0.453. The van der Waals surface area contributed by atoms with E-state index in [1.807, 2.05) is 11.5 Å². The lowest BCUT2D eigenvalue weighted by molar-refractivity contribution is -0.131. The summed E-state index contributed by atoms with van der Waals surface area (Å²) in [6, 6.07) is 8.98. The van der Waals surface area contributed by atoms with Crippen LogP contribution in [0.5, 0.6) is 0 Å². The molecule has 0 saturated heterocycles. The fraction of sp³-hybridized carbons (Fsp3) is 0.357. The van der Waals surface area contributed by atoms with Crippen LogP contribution in [0.2, 0.25) is 0 Å². The molecule has 0 bridgehead atoms. The van der Waals surface area contributed by atoms with Gasteiger partial charge in [-0.15, -0.1) is 0 Å². The third-order valence-electron chi connectivity index (χ3n) is 3.09. The molecule has 0 fully saturated rings. The van der Waals surface area contributed by atoms with Gasteiger partial charge in [0.15, 0.2) is 0 Å². The smallest absolute Gasteiger partial charge is 0.234 e. The van der Waals surface area contributed by atoms with Crippen LogP contribution in [0.1, 0.15) is 31.7 Å². The van der Waals surface area contributed by atoms with Gasteiger partial charge in [0.25, 0.3) is 0 Å². The van der Waals surface area contributed by atoms with Gasteiger partial charge in [0.2, 0.25) is 5.91 Å². The molecule has 19 heavy (non-hydrogen) atoms. The fourth-order valence-electron chi connectivity index (χ4n) is 2.17. The number of nitrogens with two attached hydrogens (primary N) is 1. The second kappa shape index (κ2) is 6.80. The lowest BCUT2D eigenvalue weighted by Crippen LogP contribution is -2.36. The average Bonchev–Trinajstić information content (AvgIpc) is 2.38. The van der Waals surface area contributed by atoms with Crippen molar-refractivity contribution >= 4 is 17.5 Å². The number of hydrogen-bond donors (Lipinski definition) is 2. The van der Waals surface area contributed by atoms with Crippen molar-refractivity contribution in [3.8, 4) is 0 Å². The molecule has 5 nitrogen and oxygen atoms in total. The Morgan fingerprint density at radius 2 is 1.68 bits per heavy atom. The minimum atomic E-state index is -0.691. The number of carbonyl (C=O) groups is 3. The SMILES string of the molecule is CC(=O)C(CC(=O)NN)C(C(C)=O)c1ccccc1. The predicted octanol–water partition coefficient (Wildman–Crippen LogP) is 0.944. The van der Waals surface area contributed by atoms with Crippen LogP contribution in [-0.2, 0) is 14.4 Å². The van der Waals surface area contributed by atoms with Gasteiger partial charge in [-0.3, -0.25) is 19.8 Å². The van der Waals surface area contributed by atoms with Crippen molar-refractivity contribution in [3.63, 3.8) is 0 Å². The molecule has 2 atom stereocenters. The Balaban J connectivity index is 3.10. The number of ketones is 2. The predicted molar refractivity (Wildman–Crippen MR) is 71.0 cm³/mol. The van der Waals surface area contributed by atoms with E-state index in [-0.39, 0.29) is 18.0 Å². The molecule has 0 radical (unpaired) electrons. The van der Waals surface area contributed by atoms with E-state index in [2.05, 4.69) is 0 Å². The van der Waals surface area contributed by atoms with E-state index in [9.17, 15) is 14.4 Å². The normalized spacial score (nSPS) is 13.4. The third-order valence-corrected chi connectivity index (χ3v) is 3.09. The van der Waals surface area contributed by atoms with Crippen molar-refractivity contribution in [2.75, 3.05) is 0 Å². The van der Waals surface area contributed by atoms with E-state index in [4.69, 9.17) is 5.84 Å². The molecule has 0 aromatic heterocycles. The summed E-state index contributed by atoms with van der Waals surface area (Å²) >= 11 is 0. The molecular formula is C14H18N2O3. The van der Waals surface area contributed by atoms with Gasteiger partial charge in [0, 0.05) is 12.3 Å². The second-order valence-corrected chi connectivity index (χ2v) is 4.49. The van der Waals surface area contributed by atoms with Crippen LogP contribution >= 0.6 is 0 Å². The van der Waals surface area contributed by atoms with E-state index < -0.39 is 17.7 Å². The topological polar surface area (TPSA) is 89.3 Å². The van der Waals surface area contributed by atoms with Crippen molar-refractivity contribution in [2.45, 2.75) is 26.2 Å². The summed E-state index contributed by atoms with van der Waals surface area (Å²) < 4.78 is 0. The van der Waals surface area contributed by atoms with E-state index in [0.717, 1.165) is 5.56 Å². The largest absolute Gasteiger partial charge is 0.300 e. The number of benzene rings is 1. The number of amides is 1. The molecule has 5 heteroatoms. The standard InChI is InChI=1S/C14H18N2O3/c1-9(17)12(8-13(19)16-15)14(10(2)18)11-6-4-3-5-7-11/h3-7,12,14H,8,15H2,1-2H3,(H,16,19). The van der Waals surface area contributed by atoms with Crippen LogP contribution in [0.15, 0.2) is 30.3 Å². The summed E-state index contributed by atoms with van der Waals surface area (Å²) in [4.78, 5) is 35.0. The fourth-order valence-corrected chi connectivity index (χ4v) is 2.17. The lowest BCUT2D eigenvalue weighted by atomic mass is 9.79. The molecule has 102 valence electrons. The van der Waals surface area contributed by atoms with Gasteiger partial charge in [-0.25, -0.2) is 5.84 Å². The molecule has 0 aliphatic heterocycles. The molecule has 0 aliphatic carbocycles. The number of rotatable bonds is 6. The second-order valence-electron chi connectivity index (χ2n) is 4.49. The molecular weight excluding hydrogens is 244 g/mol. The van der Waals surface area contributed by atoms with E-state index >= 15 is 0 Å². The monoisotopic (exact) mass is 262 g/mol. The van der Waals surface area contributed by atoms with Crippen molar-refractivity contribution in [2.24, 2.45) is 11.8 Å². The molecule has 1 amide bonds. The van der Waals surface area contributed by atoms with Crippen LogP contribution in [-0.4, -0.2) is 17.5 Å². The van der Waals surface area contributed by atoms with E-state index in [1.165, 1.54) is 13.8 Å². The maximum Gasteiger partial charge on any atom is 0.234 e.